The number of nitrogens with one attached hydrogen (secondary N) is 1. The second-order valence-corrected chi connectivity index (χ2v) is 7.93. The van der Waals surface area contributed by atoms with Crippen LogP contribution in [0.2, 0.25) is 0 Å². The van der Waals surface area contributed by atoms with Gasteiger partial charge in [0, 0.05) is 43.5 Å². The zero-order valence-corrected chi connectivity index (χ0v) is 18.8. The third kappa shape index (κ3) is 6.98. The number of ether oxygens (including phenoxy) is 1. The van der Waals surface area contributed by atoms with Gasteiger partial charge >= 0.3 is 5.97 Å². The molecule has 7 nitrogen and oxygen atoms in total. The Labute approximate surface area is 192 Å². The van der Waals surface area contributed by atoms with Gasteiger partial charge in [0.15, 0.2) is 6.61 Å². The molecule has 0 spiro atoms. The van der Waals surface area contributed by atoms with E-state index in [1.807, 2.05) is 36.9 Å². The molecule has 0 saturated carbocycles. The fourth-order valence-electron chi connectivity index (χ4n) is 3.59. The first-order chi connectivity index (χ1) is 15.8. The standard InChI is InChI=1S/C25H28FN3O4/c1-18-6-5-7-19(2)25(18)27-22(30)16-28-12-14-29(15-13-28)23(31)17-33-24(32)11-10-20-8-3-4-9-21(20)26/h3-11H,12-17H2,1-2H3,(H,27,30)/b11-10+. The number of piperazine rings is 1. The van der Waals surface area contributed by atoms with Crippen molar-refractivity contribution < 1.29 is 23.5 Å². The van der Waals surface area contributed by atoms with E-state index in [0.717, 1.165) is 22.9 Å². The molecular weight excluding hydrogens is 425 g/mol. The minimum Gasteiger partial charge on any atom is -0.452 e. The smallest absolute Gasteiger partial charge is 0.331 e. The van der Waals surface area contributed by atoms with Gasteiger partial charge in [-0.25, -0.2) is 9.18 Å². The molecule has 3 rings (SSSR count). The SMILES string of the molecule is Cc1cccc(C)c1NC(=O)CN1CCN(C(=O)COC(=O)/C=C/c2ccccc2F)CC1. The molecule has 1 fully saturated rings. The molecule has 0 atom stereocenters. The van der Waals surface area contributed by atoms with E-state index in [1.54, 1.807) is 17.0 Å². The third-order valence-electron chi connectivity index (χ3n) is 5.48. The van der Waals surface area contributed by atoms with Crippen LogP contribution in [0.4, 0.5) is 10.1 Å². The molecule has 33 heavy (non-hydrogen) atoms. The van der Waals surface area contributed by atoms with Gasteiger partial charge in [-0.2, -0.15) is 0 Å². The van der Waals surface area contributed by atoms with Crippen molar-refractivity contribution in [2.45, 2.75) is 13.8 Å². The number of nitrogens with zero attached hydrogens (tertiary/aromatic N) is 2. The van der Waals surface area contributed by atoms with Crippen LogP contribution in [-0.4, -0.2) is 66.9 Å². The first-order valence-electron chi connectivity index (χ1n) is 10.8. The van der Waals surface area contributed by atoms with E-state index >= 15 is 0 Å². The molecule has 2 aromatic carbocycles. The highest BCUT2D eigenvalue weighted by atomic mass is 19.1. The Morgan fingerprint density at radius 2 is 1.67 bits per heavy atom. The number of amides is 2. The number of rotatable bonds is 7. The lowest BCUT2D eigenvalue weighted by Gasteiger charge is -2.34. The lowest BCUT2D eigenvalue weighted by atomic mass is 10.1. The summed E-state index contributed by atoms with van der Waals surface area (Å²) in [6, 6.07) is 11.9. The summed E-state index contributed by atoms with van der Waals surface area (Å²) >= 11 is 0. The van der Waals surface area contributed by atoms with Gasteiger partial charge in [-0.3, -0.25) is 14.5 Å². The van der Waals surface area contributed by atoms with Crippen LogP contribution in [0.25, 0.3) is 6.08 Å². The van der Waals surface area contributed by atoms with Crippen molar-refractivity contribution in [3.8, 4) is 0 Å². The highest BCUT2D eigenvalue weighted by Crippen LogP contribution is 2.19. The molecule has 8 heteroatoms. The first-order valence-corrected chi connectivity index (χ1v) is 10.8. The van der Waals surface area contributed by atoms with Crippen molar-refractivity contribution in [3.05, 3.63) is 71.0 Å². The molecule has 0 bridgehead atoms. The molecule has 1 aliphatic rings. The van der Waals surface area contributed by atoms with Gasteiger partial charge in [0.1, 0.15) is 5.82 Å². The highest BCUT2D eigenvalue weighted by molar-refractivity contribution is 5.93. The number of carbonyl (C=O) groups is 3. The van der Waals surface area contributed by atoms with Gasteiger partial charge in [-0.05, 0) is 37.1 Å². The average molecular weight is 454 g/mol. The van der Waals surface area contributed by atoms with E-state index in [2.05, 4.69) is 5.32 Å². The fraction of sp³-hybridized carbons (Fsp3) is 0.320. The Balaban J connectivity index is 1.39. The number of aryl methyl sites for hydroxylation is 2. The Morgan fingerprint density at radius 1 is 1.00 bits per heavy atom. The molecule has 1 N–H and O–H groups in total. The van der Waals surface area contributed by atoms with Crippen molar-refractivity contribution in [2.75, 3.05) is 44.6 Å². The Kier molecular flexibility index (Phi) is 8.32. The number of para-hydroxylation sites is 1. The van der Waals surface area contributed by atoms with E-state index < -0.39 is 11.8 Å². The van der Waals surface area contributed by atoms with Crippen LogP contribution < -0.4 is 5.32 Å². The number of halogens is 1. The second kappa shape index (κ2) is 11.4. The van der Waals surface area contributed by atoms with Crippen molar-refractivity contribution in [1.82, 2.24) is 9.80 Å². The Bertz CT molecular complexity index is 1030. The van der Waals surface area contributed by atoms with E-state index in [9.17, 15) is 18.8 Å². The molecule has 2 aromatic rings. The summed E-state index contributed by atoms with van der Waals surface area (Å²) in [6.45, 7) is 5.75. The number of benzene rings is 2. The summed E-state index contributed by atoms with van der Waals surface area (Å²) in [4.78, 5) is 40.2. The van der Waals surface area contributed by atoms with Crippen molar-refractivity contribution in [2.24, 2.45) is 0 Å². The molecule has 0 aromatic heterocycles. The molecule has 0 radical (unpaired) electrons. The van der Waals surface area contributed by atoms with Crippen LogP contribution in [0, 0.1) is 19.7 Å². The van der Waals surface area contributed by atoms with Crippen molar-refractivity contribution in [1.29, 1.82) is 0 Å². The normalized spacial score (nSPS) is 14.3. The maximum Gasteiger partial charge on any atom is 0.331 e. The molecule has 0 unspecified atom stereocenters. The van der Waals surface area contributed by atoms with Gasteiger partial charge in [-0.15, -0.1) is 0 Å². The van der Waals surface area contributed by atoms with Gasteiger partial charge < -0.3 is 15.0 Å². The van der Waals surface area contributed by atoms with Crippen LogP contribution in [-0.2, 0) is 19.1 Å². The number of esters is 1. The summed E-state index contributed by atoms with van der Waals surface area (Å²) in [7, 11) is 0. The number of anilines is 1. The van der Waals surface area contributed by atoms with Gasteiger partial charge in [0.25, 0.3) is 5.91 Å². The average Bonchev–Trinajstić information content (AvgIpc) is 2.80. The number of hydrogen-bond donors (Lipinski definition) is 1. The predicted octanol–water partition coefficient (Wildman–Crippen LogP) is 2.78. The predicted molar refractivity (Wildman–Crippen MR) is 124 cm³/mol. The molecule has 1 aliphatic heterocycles. The number of hydrogen-bond acceptors (Lipinski definition) is 5. The number of carbonyl (C=O) groups excluding carboxylic acids is 3. The summed E-state index contributed by atoms with van der Waals surface area (Å²) in [6.07, 6.45) is 2.41. The lowest BCUT2D eigenvalue weighted by molar-refractivity contribution is -0.149. The molecule has 2 amide bonds. The molecule has 1 saturated heterocycles. The molecular formula is C25H28FN3O4. The maximum atomic E-state index is 13.6. The van der Waals surface area contributed by atoms with E-state index in [1.165, 1.54) is 18.2 Å². The summed E-state index contributed by atoms with van der Waals surface area (Å²) in [5.41, 5.74) is 3.12. The molecule has 1 heterocycles. The van der Waals surface area contributed by atoms with Crippen LogP contribution in [0.5, 0.6) is 0 Å². The van der Waals surface area contributed by atoms with Gasteiger partial charge in [0.2, 0.25) is 5.91 Å². The summed E-state index contributed by atoms with van der Waals surface area (Å²) in [5, 5.41) is 2.97. The zero-order chi connectivity index (χ0) is 23.8. The fourth-order valence-corrected chi connectivity index (χ4v) is 3.59. The summed E-state index contributed by atoms with van der Waals surface area (Å²) in [5.74, 6) is -1.56. The highest BCUT2D eigenvalue weighted by Gasteiger charge is 2.23. The minimum absolute atomic E-state index is 0.0947. The summed E-state index contributed by atoms with van der Waals surface area (Å²) < 4.78 is 18.5. The second-order valence-electron chi connectivity index (χ2n) is 7.93. The zero-order valence-electron chi connectivity index (χ0n) is 18.8. The van der Waals surface area contributed by atoms with Crippen LogP contribution in [0.15, 0.2) is 48.5 Å². The lowest BCUT2D eigenvalue weighted by Crippen LogP contribution is -2.51. The Morgan fingerprint density at radius 3 is 2.33 bits per heavy atom. The van der Waals surface area contributed by atoms with Gasteiger partial charge in [-0.1, -0.05) is 36.4 Å². The maximum absolute atomic E-state index is 13.6. The molecule has 174 valence electrons. The minimum atomic E-state index is -0.714. The quantitative estimate of drug-likeness (QED) is 0.515. The van der Waals surface area contributed by atoms with Crippen molar-refractivity contribution in [3.63, 3.8) is 0 Å². The monoisotopic (exact) mass is 453 g/mol. The van der Waals surface area contributed by atoms with Crippen LogP contribution in [0.1, 0.15) is 16.7 Å². The Hall–Kier alpha value is -3.52. The largest absolute Gasteiger partial charge is 0.452 e. The van der Waals surface area contributed by atoms with Crippen LogP contribution >= 0.6 is 0 Å². The molecule has 0 aliphatic carbocycles. The van der Waals surface area contributed by atoms with Crippen LogP contribution in [0.3, 0.4) is 0 Å². The first kappa shape index (κ1) is 24.1. The van der Waals surface area contributed by atoms with E-state index in [4.69, 9.17) is 4.74 Å². The van der Waals surface area contributed by atoms with Crippen molar-refractivity contribution >= 4 is 29.5 Å². The van der Waals surface area contributed by atoms with E-state index in [-0.39, 0.29) is 30.5 Å². The third-order valence-corrected chi connectivity index (χ3v) is 5.48. The van der Waals surface area contributed by atoms with E-state index in [0.29, 0.717) is 26.2 Å². The topological polar surface area (TPSA) is 79.0 Å². The van der Waals surface area contributed by atoms with Gasteiger partial charge in [0.05, 0.1) is 6.54 Å².